The van der Waals surface area contributed by atoms with Crippen LogP contribution in [0.5, 0.6) is 0 Å². The van der Waals surface area contributed by atoms with E-state index in [1.807, 2.05) is 0 Å². The van der Waals surface area contributed by atoms with Gasteiger partial charge in [0.2, 0.25) is 0 Å². The number of nitro groups is 4. The van der Waals surface area contributed by atoms with E-state index in [-0.39, 0.29) is 25.7 Å². The molecule has 4 N–H and O–H groups in total. The first-order valence-corrected chi connectivity index (χ1v) is 19.1. The van der Waals surface area contributed by atoms with Crippen molar-refractivity contribution < 1.29 is 58.0 Å². The van der Waals surface area contributed by atoms with Gasteiger partial charge in [0.05, 0.1) is 19.7 Å². The van der Waals surface area contributed by atoms with Crippen LogP contribution in [0.25, 0.3) is 0 Å². The van der Waals surface area contributed by atoms with Crippen molar-refractivity contribution in [3.63, 3.8) is 0 Å². The summed E-state index contributed by atoms with van der Waals surface area (Å²) in [6, 6.07) is 18.5. The van der Waals surface area contributed by atoms with Crippen LogP contribution in [-0.4, -0.2) is 92.6 Å². The van der Waals surface area contributed by atoms with Gasteiger partial charge in [0, 0.05) is 50.4 Å². The maximum atomic E-state index is 13.1. The monoisotopic (exact) mass is 896 g/mol. The number of para-hydroxylation sites is 4. The van der Waals surface area contributed by atoms with Crippen LogP contribution in [0.4, 0.5) is 22.7 Å². The number of nitrogens with zero attached hydrogens (tertiary/aromatic N) is 4. The lowest BCUT2D eigenvalue weighted by molar-refractivity contribution is -0.385. The van der Waals surface area contributed by atoms with E-state index in [2.05, 4.69) is 21.3 Å². The van der Waals surface area contributed by atoms with E-state index in [1.54, 1.807) is 0 Å². The number of ketones is 4. The van der Waals surface area contributed by atoms with Gasteiger partial charge >= 0.3 is 0 Å². The number of hydrogen-bond acceptors (Lipinski definition) is 16. The number of hydrogen-bond donors (Lipinski definition) is 4. The zero-order valence-corrected chi connectivity index (χ0v) is 33.7. The van der Waals surface area contributed by atoms with E-state index in [1.165, 1.54) is 48.5 Å². The van der Waals surface area contributed by atoms with Crippen molar-refractivity contribution in [3.8, 4) is 0 Å². The van der Waals surface area contributed by atoms with E-state index >= 15 is 0 Å². The second-order valence-corrected chi connectivity index (χ2v) is 13.9. The molecule has 0 aliphatic heterocycles. The molecule has 65 heavy (non-hydrogen) atoms. The highest BCUT2D eigenvalue weighted by Gasteiger charge is 2.34. The first-order valence-electron chi connectivity index (χ1n) is 19.1. The van der Waals surface area contributed by atoms with Crippen molar-refractivity contribution in [1.82, 2.24) is 21.3 Å². The van der Waals surface area contributed by atoms with E-state index < -0.39 is 143 Å². The maximum absolute atomic E-state index is 13.1. The molecule has 4 aromatic rings. The Hall–Kier alpha value is -8.96. The summed E-state index contributed by atoms with van der Waals surface area (Å²) < 4.78 is 0. The second kappa shape index (κ2) is 22.2. The van der Waals surface area contributed by atoms with Crippen molar-refractivity contribution >= 4 is 69.5 Å². The lowest BCUT2D eigenvalue weighted by Crippen LogP contribution is -2.42. The van der Waals surface area contributed by atoms with Crippen LogP contribution >= 0.6 is 0 Å². The third-order valence-electron chi connectivity index (χ3n) is 9.97. The van der Waals surface area contributed by atoms with Crippen LogP contribution in [0.3, 0.4) is 0 Å². The summed E-state index contributed by atoms with van der Waals surface area (Å²) in [5.41, 5.74) is -6.15. The lowest BCUT2D eigenvalue weighted by atomic mass is 9.75. The van der Waals surface area contributed by atoms with E-state index in [4.69, 9.17) is 0 Å². The van der Waals surface area contributed by atoms with Crippen LogP contribution in [0.15, 0.2) is 97.1 Å². The number of rotatable bonds is 24. The molecule has 0 unspecified atom stereocenters. The first kappa shape index (κ1) is 48.7. The molecule has 0 bridgehead atoms. The van der Waals surface area contributed by atoms with Gasteiger partial charge in [-0.3, -0.25) is 78.8 Å². The summed E-state index contributed by atoms with van der Waals surface area (Å²) in [6.45, 7) is -1.66. The summed E-state index contributed by atoms with van der Waals surface area (Å²) >= 11 is 0. The molecule has 0 radical (unpaired) electrons. The molecule has 0 fully saturated rings. The molecule has 0 saturated heterocycles. The van der Waals surface area contributed by atoms with Gasteiger partial charge in [0.25, 0.3) is 69.5 Å². The van der Waals surface area contributed by atoms with E-state index in [0.717, 1.165) is 48.5 Å². The lowest BCUT2D eigenvalue weighted by Gasteiger charge is -2.35. The average Bonchev–Trinajstić information content (AvgIpc) is 3.30. The Labute approximate surface area is 365 Å². The molecule has 0 atom stereocenters. The fourth-order valence-corrected chi connectivity index (χ4v) is 6.62. The summed E-state index contributed by atoms with van der Waals surface area (Å²) in [5.74, 6) is -10.3. The molecule has 4 amide bonds. The standard InChI is InChI=1S/C41H36N8O16/c50-33(25-9-1-5-13-29(25)46(58)59)37(54)42-21-17-41(18-22-43-38(55)34(51)26-10-2-6-14-30(26)47(60)61,19-23-44-39(56)35(52)27-11-3-7-15-31(27)48(62)63)20-24-45-40(57)36(53)28-12-4-8-16-32(28)49(64)65/h1-16H,17-24H2,(H,42,54)(H,43,55)(H,44,56)(H,45,57). The van der Waals surface area contributed by atoms with Gasteiger partial charge in [0.1, 0.15) is 22.3 Å². The molecule has 4 rings (SSSR count). The minimum Gasteiger partial charge on any atom is -0.349 e. The molecule has 0 aliphatic carbocycles. The molecule has 24 nitrogen and oxygen atoms in total. The van der Waals surface area contributed by atoms with Crippen LogP contribution in [0.1, 0.15) is 67.1 Å². The number of nitrogens with one attached hydrogen (secondary N) is 4. The van der Waals surface area contributed by atoms with Gasteiger partial charge < -0.3 is 21.3 Å². The van der Waals surface area contributed by atoms with Gasteiger partial charge in [-0.2, -0.15) is 0 Å². The smallest absolute Gasteiger partial charge is 0.292 e. The molecular weight excluding hydrogens is 860 g/mol. The largest absolute Gasteiger partial charge is 0.349 e. The molecule has 336 valence electrons. The highest BCUT2D eigenvalue weighted by Crippen LogP contribution is 2.34. The van der Waals surface area contributed by atoms with Crippen LogP contribution in [0, 0.1) is 45.9 Å². The summed E-state index contributed by atoms with van der Waals surface area (Å²) in [4.78, 5) is 147. The SMILES string of the molecule is O=C(NCCC(CCNC(=O)C(=O)c1ccccc1[N+](=O)[O-])(CCNC(=O)C(=O)c1ccccc1[N+](=O)[O-])CCNC(=O)C(=O)c1ccccc1[N+](=O)[O-])C(=O)c1ccccc1[N+](=O)[O-]. The van der Waals surface area contributed by atoms with Gasteiger partial charge in [-0.15, -0.1) is 0 Å². The molecule has 24 heteroatoms. The first-order chi connectivity index (χ1) is 30.9. The highest BCUT2D eigenvalue weighted by atomic mass is 16.6. The van der Waals surface area contributed by atoms with Gasteiger partial charge in [-0.05, 0) is 55.4 Å². The minimum absolute atomic E-state index is 0.223. The Morgan fingerprint density at radius 2 is 0.538 bits per heavy atom. The number of carbonyl (C=O) groups is 8. The predicted octanol–water partition coefficient (Wildman–Crippen LogP) is 3.16. The molecule has 0 heterocycles. The van der Waals surface area contributed by atoms with Crippen molar-refractivity contribution in [2.24, 2.45) is 5.41 Å². The van der Waals surface area contributed by atoms with E-state index in [9.17, 15) is 78.8 Å². The molecule has 4 aromatic carbocycles. The number of carbonyl (C=O) groups excluding carboxylic acids is 8. The van der Waals surface area contributed by atoms with Crippen LogP contribution < -0.4 is 21.3 Å². The maximum Gasteiger partial charge on any atom is 0.292 e. The molecule has 0 aromatic heterocycles. The number of Topliss-reactive ketones (excluding diaryl/α,β-unsaturated/α-hetero) is 4. The van der Waals surface area contributed by atoms with Gasteiger partial charge in [0.15, 0.2) is 0 Å². The third kappa shape index (κ3) is 12.6. The quantitative estimate of drug-likeness (QED) is 0.0339. The number of nitro benzene ring substituents is 4. The van der Waals surface area contributed by atoms with Crippen LogP contribution in [0.2, 0.25) is 0 Å². The Bertz CT molecular complexity index is 2260. The second-order valence-electron chi connectivity index (χ2n) is 13.9. The molecule has 0 aliphatic rings. The van der Waals surface area contributed by atoms with Crippen LogP contribution in [-0.2, 0) is 19.2 Å². The Kier molecular flexibility index (Phi) is 16.7. The normalized spacial score (nSPS) is 10.7. The van der Waals surface area contributed by atoms with E-state index in [0.29, 0.717) is 0 Å². The minimum atomic E-state index is -1.35. The Balaban J connectivity index is 1.63. The summed E-state index contributed by atoms with van der Waals surface area (Å²) in [7, 11) is 0. The topological polar surface area (TPSA) is 357 Å². The predicted molar refractivity (Wildman–Crippen MR) is 223 cm³/mol. The zero-order chi connectivity index (χ0) is 47.8. The number of benzene rings is 4. The summed E-state index contributed by atoms with van der Waals surface area (Å²) in [5, 5.41) is 55.5. The van der Waals surface area contributed by atoms with Crippen molar-refractivity contribution in [3.05, 3.63) is 160 Å². The zero-order valence-electron chi connectivity index (χ0n) is 33.7. The Morgan fingerprint density at radius 1 is 0.354 bits per heavy atom. The van der Waals surface area contributed by atoms with Gasteiger partial charge in [-0.1, -0.05) is 48.5 Å². The molecule has 0 spiro atoms. The highest BCUT2D eigenvalue weighted by molar-refractivity contribution is 6.45. The summed E-state index contributed by atoms with van der Waals surface area (Å²) in [6.07, 6.45) is -0.894. The van der Waals surface area contributed by atoms with Crippen molar-refractivity contribution in [2.45, 2.75) is 25.7 Å². The molecular formula is C41H36N8O16. The average molecular weight is 897 g/mol. The Morgan fingerprint density at radius 3 is 0.723 bits per heavy atom. The number of amides is 4. The third-order valence-corrected chi connectivity index (χ3v) is 9.97. The van der Waals surface area contributed by atoms with Crippen molar-refractivity contribution in [2.75, 3.05) is 26.2 Å². The van der Waals surface area contributed by atoms with Gasteiger partial charge in [-0.25, -0.2) is 0 Å². The molecule has 0 saturated carbocycles. The fraction of sp³-hybridized carbons (Fsp3) is 0.220. The fourth-order valence-electron chi connectivity index (χ4n) is 6.62. The van der Waals surface area contributed by atoms with Crippen molar-refractivity contribution in [1.29, 1.82) is 0 Å².